The van der Waals surface area contributed by atoms with Crippen molar-refractivity contribution in [2.45, 2.75) is 12.6 Å². The minimum atomic E-state index is 0. The van der Waals surface area contributed by atoms with Gasteiger partial charge in [-0.2, -0.15) is 0 Å². The predicted molar refractivity (Wildman–Crippen MR) is 101 cm³/mol. The zero-order chi connectivity index (χ0) is 15.1. The molecule has 3 N–H and O–H groups in total. The number of guanidine groups is 1. The van der Waals surface area contributed by atoms with E-state index in [0.717, 1.165) is 12.1 Å². The van der Waals surface area contributed by atoms with E-state index >= 15 is 0 Å². The molecular formula is C16H23BrN4S. The van der Waals surface area contributed by atoms with Gasteiger partial charge in [-0.05, 0) is 31.1 Å². The Bertz CT molecular complexity index is 555. The molecule has 0 saturated carbocycles. The lowest BCUT2D eigenvalue weighted by Crippen LogP contribution is -2.38. The van der Waals surface area contributed by atoms with E-state index in [1.54, 1.807) is 11.3 Å². The molecule has 0 fully saturated rings. The van der Waals surface area contributed by atoms with E-state index in [1.807, 2.05) is 30.3 Å². The molecule has 4 nitrogen and oxygen atoms in total. The largest absolute Gasteiger partial charge is 0.370 e. The summed E-state index contributed by atoms with van der Waals surface area (Å²) in [5.41, 5.74) is 7.10. The Morgan fingerprint density at radius 1 is 1.23 bits per heavy atom. The fourth-order valence-electron chi connectivity index (χ4n) is 2.04. The van der Waals surface area contributed by atoms with Crippen LogP contribution < -0.4 is 11.1 Å². The summed E-state index contributed by atoms with van der Waals surface area (Å²) in [5.74, 6) is 0.488. The second-order valence-electron chi connectivity index (χ2n) is 5.06. The third-order valence-electron chi connectivity index (χ3n) is 3.25. The monoisotopic (exact) mass is 382 g/mol. The van der Waals surface area contributed by atoms with Crippen LogP contribution in [0.2, 0.25) is 0 Å². The number of aliphatic imine (C=N–C) groups is 1. The average Bonchev–Trinajstić information content (AvgIpc) is 3.00. The lowest BCUT2D eigenvalue weighted by molar-refractivity contribution is 0.303. The first-order valence-corrected chi connectivity index (χ1v) is 7.82. The molecule has 120 valence electrons. The van der Waals surface area contributed by atoms with Gasteiger partial charge >= 0.3 is 0 Å². The molecule has 2 aromatic rings. The molecule has 0 radical (unpaired) electrons. The Morgan fingerprint density at radius 2 is 1.95 bits per heavy atom. The highest BCUT2D eigenvalue weighted by atomic mass is 79.9. The molecule has 22 heavy (non-hydrogen) atoms. The molecule has 1 atom stereocenters. The Kier molecular flexibility index (Phi) is 8.16. The van der Waals surface area contributed by atoms with Crippen LogP contribution in [-0.2, 0) is 6.54 Å². The van der Waals surface area contributed by atoms with Gasteiger partial charge in [0.2, 0.25) is 0 Å². The molecule has 1 heterocycles. The number of rotatable bonds is 6. The molecule has 2 rings (SSSR count). The van der Waals surface area contributed by atoms with Crippen LogP contribution in [0.15, 0.2) is 52.8 Å². The Morgan fingerprint density at radius 3 is 2.55 bits per heavy atom. The number of thiophene rings is 1. The van der Waals surface area contributed by atoms with E-state index in [2.05, 4.69) is 46.8 Å². The first-order chi connectivity index (χ1) is 10.2. The van der Waals surface area contributed by atoms with Crippen LogP contribution in [0.3, 0.4) is 0 Å². The first kappa shape index (κ1) is 18.7. The van der Waals surface area contributed by atoms with Crippen LogP contribution in [-0.4, -0.2) is 31.5 Å². The summed E-state index contributed by atoms with van der Waals surface area (Å²) in [6, 6.07) is 14.6. The minimum absolute atomic E-state index is 0. The van der Waals surface area contributed by atoms with Gasteiger partial charge in [-0.25, -0.2) is 4.99 Å². The fourth-order valence-corrected chi connectivity index (χ4v) is 2.96. The molecule has 1 aromatic heterocycles. The average molecular weight is 383 g/mol. The maximum atomic E-state index is 5.95. The molecule has 1 aromatic carbocycles. The number of hydrogen-bond acceptors (Lipinski definition) is 3. The molecular weight excluding hydrogens is 360 g/mol. The predicted octanol–water partition coefficient (Wildman–Crippen LogP) is 3.03. The first-order valence-electron chi connectivity index (χ1n) is 6.94. The maximum absolute atomic E-state index is 5.95. The van der Waals surface area contributed by atoms with Crippen molar-refractivity contribution >= 4 is 34.3 Å². The zero-order valence-electron chi connectivity index (χ0n) is 12.9. The van der Waals surface area contributed by atoms with Gasteiger partial charge in [-0.1, -0.05) is 36.4 Å². The van der Waals surface area contributed by atoms with E-state index in [4.69, 9.17) is 5.73 Å². The van der Waals surface area contributed by atoms with Gasteiger partial charge in [0, 0.05) is 11.4 Å². The summed E-state index contributed by atoms with van der Waals surface area (Å²) < 4.78 is 0. The van der Waals surface area contributed by atoms with Crippen molar-refractivity contribution in [2.24, 2.45) is 10.7 Å². The molecule has 0 saturated heterocycles. The summed E-state index contributed by atoms with van der Waals surface area (Å²) in [6.07, 6.45) is 0. The zero-order valence-corrected chi connectivity index (χ0v) is 15.4. The van der Waals surface area contributed by atoms with Crippen LogP contribution in [0.25, 0.3) is 0 Å². The number of hydrogen-bond donors (Lipinski definition) is 2. The summed E-state index contributed by atoms with van der Waals surface area (Å²) >= 11 is 1.76. The normalized spacial score (nSPS) is 12.8. The van der Waals surface area contributed by atoms with Crippen LogP contribution in [0.1, 0.15) is 16.5 Å². The Balaban J connectivity index is 0.00000242. The number of nitrogens with two attached hydrogens (primary N) is 1. The van der Waals surface area contributed by atoms with Crippen molar-refractivity contribution in [1.82, 2.24) is 10.2 Å². The van der Waals surface area contributed by atoms with Crippen molar-refractivity contribution in [2.75, 3.05) is 20.6 Å². The smallest absolute Gasteiger partial charge is 0.188 e. The van der Waals surface area contributed by atoms with Crippen LogP contribution >= 0.6 is 28.3 Å². The number of nitrogens with one attached hydrogen (secondary N) is 1. The van der Waals surface area contributed by atoms with E-state index in [1.165, 1.54) is 4.88 Å². The SMILES string of the molecule is Br.CN(C)C(CNC(N)=NCc1ccccc1)c1cccs1. The maximum Gasteiger partial charge on any atom is 0.188 e. The molecule has 0 amide bonds. The molecule has 1 unspecified atom stereocenters. The topological polar surface area (TPSA) is 53.6 Å². The lowest BCUT2D eigenvalue weighted by Gasteiger charge is -2.23. The molecule has 0 spiro atoms. The summed E-state index contributed by atoms with van der Waals surface area (Å²) in [7, 11) is 4.15. The van der Waals surface area contributed by atoms with E-state index in [9.17, 15) is 0 Å². The van der Waals surface area contributed by atoms with Crippen molar-refractivity contribution < 1.29 is 0 Å². The van der Waals surface area contributed by atoms with Crippen molar-refractivity contribution in [3.8, 4) is 0 Å². The third-order valence-corrected chi connectivity index (χ3v) is 4.22. The standard InChI is InChI=1S/C16H22N4S.BrH/c1-20(2)14(15-9-6-10-21-15)12-19-16(17)18-11-13-7-4-3-5-8-13;/h3-10,14H,11-12H2,1-2H3,(H3,17,18,19);1H. The Labute approximate surface area is 146 Å². The second-order valence-corrected chi connectivity index (χ2v) is 6.04. The lowest BCUT2D eigenvalue weighted by atomic mass is 10.2. The Hall–Kier alpha value is -1.37. The number of benzene rings is 1. The minimum Gasteiger partial charge on any atom is -0.370 e. The number of nitrogens with zero attached hydrogens (tertiary/aromatic N) is 2. The van der Waals surface area contributed by atoms with Gasteiger partial charge in [0.1, 0.15) is 0 Å². The van der Waals surface area contributed by atoms with Gasteiger partial charge in [0.25, 0.3) is 0 Å². The van der Waals surface area contributed by atoms with E-state index < -0.39 is 0 Å². The highest BCUT2D eigenvalue weighted by Gasteiger charge is 2.14. The molecule has 0 aliphatic rings. The highest BCUT2D eigenvalue weighted by Crippen LogP contribution is 2.22. The van der Waals surface area contributed by atoms with E-state index in [0.29, 0.717) is 18.5 Å². The van der Waals surface area contributed by atoms with Crippen LogP contribution in [0.4, 0.5) is 0 Å². The quantitative estimate of drug-likeness (QED) is 0.596. The molecule has 6 heteroatoms. The molecule has 0 bridgehead atoms. The van der Waals surface area contributed by atoms with Crippen molar-refractivity contribution in [1.29, 1.82) is 0 Å². The summed E-state index contributed by atoms with van der Waals surface area (Å²) in [5, 5.41) is 5.31. The third kappa shape index (κ3) is 5.79. The second kappa shape index (κ2) is 9.61. The number of likely N-dealkylation sites (N-methyl/N-ethyl adjacent to an activating group) is 1. The van der Waals surface area contributed by atoms with Crippen molar-refractivity contribution in [3.63, 3.8) is 0 Å². The van der Waals surface area contributed by atoms with E-state index in [-0.39, 0.29) is 17.0 Å². The number of halogens is 1. The summed E-state index contributed by atoms with van der Waals surface area (Å²) in [6.45, 7) is 1.35. The fraction of sp³-hybridized carbons (Fsp3) is 0.312. The van der Waals surface area contributed by atoms with Gasteiger partial charge in [0.15, 0.2) is 5.96 Å². The highest BCUT2D eigenvalue weighted by molar-refractivity contribution is 8.93. The van der Waals surface area contributed by atoms with Crippen molar-refractivity contribution in [3.05, 3.63) is 58.3 Å². The van der Waals surface area contributed by atoms with Crippen LogP contribution in [0.5, 0.6) is 0 Å². The van der Waals surface area contributed by atoms with Gasteiger partial charge < -0.3 is 16.0 Å². The molecule has 0 aliphatic heterocycles. The molecule has 0 aliphatic carbocycles. The van der Waals surface area contributed by atoms with Gasteiger partial charge in [0.05, 0.1) is 12.6 Å². The summed E-state index contributed by atoms with van der Waals surface area (Å²) in [4.78, 5) is 7.88. The van der Waals surface area contributed by atoms with Crippen LogP contribution in [0, 0.1) is 0 Å². The van der Waals surface area contributed by atoms with Gasteiger partial charge in [-0.3, -0.25) is 0 Å². The van der Waals surface area contributed by atoms with Gasteiger partial charge in [-0.15, -0.1) is 28.3 Å².